The molecule has 22 heavy (non-hydrogen) atoms. The average Bonchev–Trinajstić information content (AvgIpc) is 2.31. The zero-order valence-corrected chi connectivity index (χ0v) is 13.3. The molecule has 0 unspecified atom stereocenters. The summed E-state index contributed by atoms with van der Waals surface area (Å²) in [7, 11) is 0. The molecule has 120 valence electrons. The second-order valence-electron chi connectivity index (χ2n) is 6.12. The molecule has 0 aromatic heterocycles. The molecule has 0 aliphatic heterocycles. The van der Waals surface area contributed by atoms with Crippen molar-refractivity contribution < 1.29 is 19.5 Å². The first-order valence-electron chi connectivity index (χ1n) is 6.99. The SMILES string of the molecule is CC(=O)Nc1cccc(NC(=O)CC(C)(C)CC(=O)O)c1C. The van der Waals surface area contributed by atoms with Crippen molar-refractivity contribution in [2.75, 3.05) is 10.6 Å². The van der Waals surface area contributed by atoms with E-state index in [9.17, 15) is 14.4 Å². The lowest BCUT2D eigenvalue weighted by atomic mass is 9.85. The number of rotatable bonds is 6. The Morgan fingerprint density at radius 1 is 1.09 bits per heavy atom. The van der Waals surface area contributed by atoms with Gasteiger partial charge in [-0.1, -0.05) is 19.9 Å². The molecule has 1 aromatic rings. The molecular weight excluding hydrogens is 284 g/mol. The van der Waals surface area contributed by atoms with Crippen LogP contribution in [-0.4, -0.2) is 22.9 Å². The Kier molecular flexibility index (Phi) is 5.68. The van der Waals surface area contributed by atoms with Gasteiger partial charge in [-0.3, -0.25) is 14.4 Å². The van der Waals surface area contributed by atoms with Crippen LogP contribution in [0.25, 0.3) is 0 Å². The molecule has 6 nitrogen and oxygen atoms in total. The van der Waals surface area contributed by atoms with Crippen LogP contribution in [0.2, 0.25) is 0 Å². The number of nitrogens with one attached hydrogen (secondary N) is 2. The van der Waals surface area contributed by atoms with Crippen LogP contribution >= 0.6 is 0 Å². The summed E-state index contributed by atoms with van der Waals surface area (Å²) in [5.41, 5.74) is 1.36. The van der Waals surface area contributed by atoms with Crippen LogP contribution in [0.3, 0.4) is 0 Å². The zero-order chi connectivity index (χ0) is 16.9. The second-order valence-corrected chi connectivity index (χ2v) is 6.12. The molecule has 0 aliphatic carbocycles. The molecule has 0 radical (unpaired) electrons. The molecule has 2 amide bonds. The fraction of sp³-hybridized carbons (Fsp3) is 0.438. The molecule has 1 aromatic carbocycles. The lowest BCUT2D eigenvalue weighted by Crippen LogP contribution is -2.25. The van der Waals surface area contributed by atoms with Gasteiger partial charge >= 0.3 is 5.97 Å². The van der Waals surface area contributed by atoms with Crippen molar-refractivity contribution in [3.63, 3.8) is 0 Å². The third-order valence-electron chi connectivity index (χ3n) is 3.19. The number of hydrogen-bond donors (Lipinski definition) is 3. The minimum atomic E-state index is -0.929. The summed E-state index contributed by atoms with van der Waals surface area (Å²) in [6.07, 6.45) is 0.0223. The van der Waals surface area contributed by atoms with Crippen molar-refractivity contribution >= 4 is 29.2 Å². The van der Waals surface area contributed by atoms with Crippen LogP contribution in [0.15, 0.2) is 18.2 Å². The maximum atomic E-state index is 12.1. The summed E-state index contributed by atoms with van der Waals surface area (Å²) >= 11 is 0. The first kappa shape index (κ1) is 17.7. The van der Waals surface area contributed by atoms with Crippen LogP contribution in [0.1, 0.15) is 39.2 Å². The van der Waals surface area contributed by atoms with E-state index in [1.807, 2.05) is 0 Å². The Morgan fingerprint density at radius 2 is 1.64 bits per heavy atom. The molecule has 1 rings (SSSR count). The van der Waals surface area contributed by atoms with Crippen molar-refractivity contribution in [3.8, 4) is 0 Å². The number of carbonyl (C=O) groups is 3. The molecule has 3 N–H and O–H groups in total. The number of anilines is 2. The number of amides is 2. The standard InChI is InChI=1S/C16H22N2O4/c1-10-12(17-11(2)19)6-5-7-13(10)18-14(20)8-16(3,4)9-15(21)22/h5-7H,8-9H2,1-4H3,(H,17,19)(H,18,20)(H,21,22). The van der Waals surface area contributed by atoms with Gasteiger partial charge in [-0.15, -0.1) is 0 Å². The summed E-state index contributed by atoms with van der Waals surface area (Å²) in [6.45, 7) is 6.69. The minimum absolute atomic E-state index is 0.0780. The van der Waals surface area contributed by atoms with E-state index in [2.05, 4.69) is 10.6 Å². The predicted molar refractivity (Wildman–Crippen MR) is 84.8 cm³/mol. The van der Waals surface area contributed by atoms with E-state index < -0.39 is 11.4 Å². The zero-order valence-electron chi connectivity index (χ0n) is 13.3. The van der Waals surface area contributed by atoms with Crippen molar-refractivity contribution in [1.82, 2.24) is 0 Å². The number of hydrogen-bond acceptors (Lipinski definition) is 3. The lowest BCUT2D eigenvalue weighted by Gasteiger charge is -2.22. The van der Waals surface area contributed by atoms with Gasteiger partial charge in [-0.2, -0.15) is 0 Å². The lowest BCUT2D eigenvalue weighted by molar-refractivity contribution is -0.139. The van der Waals surface area contributed by atoms with E-state index >= 15 is 0 Å². The van der Waals surface area contributed by atoms with Gasteiger partial charge in [0.2, 0.25) is 11.8 Å². The number of carboxylic acids is 1. The molecule has 0 aliphatic rings. The quantitative estimate of drug-likeness (QED) is 0.753. The molecule has 6 heteroatoms. The van der Waals surface area contributed by atoms with Gasteiger partial charge < -0.3 is 15.7 Å². The third-order valence-corrected chi connectivity index (χ3v) is 3.19. The number of carbonyl (C=O) groups excluding carboxylic acids is 2. The predicted octanol–water partition coefficient (Wildman–Crippen LogP) is 2.78. The van der Waals surface area contributed by atoms with E-state index in [-0.39, 0.29) is 24.7 Å². The molecule has 0 atom stereocenters. The molecule has 0 heterocycles. The summed E-state index contributed by atoms with van der Waals surface area (Å²) in [5.74, 6) is -1.37. The van der Waals surface area contributed by atoms with E-state index in [1.54, 1.807) is 39.0 Å². The highest BCUT2D eigenvalue weighted by Gasteiger charge is 2.25. The monoisotopic (exact) mass is 306 g/mol. The fourth-order valence-corrected chi connectivity index (χ4v) is 2.20. The van der Waals surface area contributed by atoms with E-state index in [1.165, 1.54) is 6.92 Å². The summed E-state index contributed by atoms with van der Waals surface area (Å²) in [6, 6.07) is 5.22. The number of aliphatic carboxylic acids is 1. The molecule has 0 saturated carbocycles. The first-order chi connectivity index (χ1) is 10.1. The number of benzene rings is 1. The van der Waals surface area contributed by atoms with Gasteiger partial charge in [0.1, 0.15) is 0 Å². The van der Waals surface area contributed by atoms with E-state index in [0.717, 1.165) is 5.56 Å². The highest BCUT2D eigenvalue weighted by atomic mass is 16.4. The Labute approximate surface area is 129 Å². The van der Waals surface area contributed by atoms with Gasteiger partial charge in [-0.25, -0.2) is 0 Å². The summed E-state index contributed by atoms with van der Waals surface area (Å²) < 4.78 is 0. The fourth-order valence-electron chi connectivity index (χ4n) is 2.20. The molecule has 0 bridgehead atoms. The normalized spacial score (nSPS) is 10.9. The number of carboxylic acid groups (broad SMARTS) is 1. The van der Waals surface area contributed by atoms with Crippen LogP contribution in [0, 0.1) is 12.3 Å². The van der Waals surface area contributed by atoms with Gasteiger partial charge in [0.05, 0.1) is 6.42 Å². The van der Waals surface area contributed by atoms with Gasteiger partial charge in [0.15, 0.2) is 0 Å². The second kappa shape index (κ2) is 7.06. The van der Waals surface area contributed by atoms with Crippen molar-refractivity contribution in [3.05, 3.63) is 23.8 Å². The van der Waals surface area contributed by atoms with Gasteiger partial charge in [0.25, 0.3) is 0 Å². The van der Waals surface area contributed by atoms with Crippen LogP contribution in [-0.2, 0) is 14.4 Å². The molecule has 0 spiro atoms. The highest BCUT2D eigenvalue weighted by molar-refractivity contribution is 5.95. The maximum absolute atomic E-state index is 12.1. The van der Waals surface area contributed by atoms with Crippen LogP contribution in [0.5, 0.6) is 0 Å². The van der Waals surface area contributed by atoms with Crippen LogP contribution < -0.4 is 10.6 Å². The minimum Gasteiger partial charge on any atom is -0.481 e. The Morgan fingerprint density at radius 3 is 2.14 bits per heavy atom. The Bertz CT molecular complexity index is 594. The Balaban J connectivity index is 2.80. The largest absolute Gasteiger partial charge is 0.481 e. The topological polar surface area (TPSA) is 95.5 Å². The molecule has 0 saturated heterocycles. The first-order valence-corrected chi connectivity index (χ1v) is 6.99. The average molecular weight is 306 g/mol. The van der Waals surface area contributed by atoms with Crippen molar-refractivity contribution in [2.45, 2.75) is 40.5 Å². The van der Waals surface area contributed by atoms with Gasteiger partial charge in [-0.05, 0) is 30.0 Å². The Hall–Kier alpha value is -2.37. The smallest absolute Gasteiger partial charge is 0.303 e. The van der Waals surface area contributed by atoms with E-state index in [0.29, 0.717) is 11.4 Å². The van der Waals surface area contributed by atoms with E-state index in [4.69, 9.17) is 5.11 Å². The van der Waals surface area contributed by atoms with Crippen molar-refractivity contribution in [1.29, 1.82) is 0 Å². The molecular formula is C16H22N2O4. The summed E-state index contributed by atoms with van der Waals surface area (Å²) in [4.78, 5) is 34.0. The molecule has 0 fully saturated rings. The van der Waals surface area contributed by atoms with Gasteiger partial charge in [0, 0.05) is 24.7 Å². The maximum Gasteiger partial charge on any atom is 0.303 e. The highest BCUT2D eigenvalue weighted by Crippen LogP contribution is 2.27. The van der Waals surface area contributed by atoms with Crippen molar-refractivity contribution in [2.24, 2.45) is 5.41 Å². The van der Waals surface area contributed by atoms with Crippen LogP contribution in [0.4, 0.5) is 11.4 Å². The summed E-state index contributed by atoms with van der Waals surface area (Å²) in [5, 5.41) is 14.3. The third kappa shape index (κ3) is 5.55.